The van der Waals surface area contributed by atoms with Crippen LogP contribution in [0.2, 0.25) is 0 Å². The summed E-state index contributed by atoms with van der Waals surface area (Å²) in [5.41, 5.74) is 2.75. The van der Waals surface area contributed by atoms with Crippen molar-refractivity contribution in [1.82, 2.24) is 0 Å². The lowest BCUT2D eigenvalue weighted by Gasteiger charge is -2.21. The number of hydrogen-bond acceptors (Lipinski definition) is 1. The van der Waals surface area contributed by atoms with Gasteiger partial charge in [-0.15, -0.1) is 0 Å². The van der Waals surface area contributed by atoms with Gasteiger partial charge >= 0.3 is 0 Å². The molecule has 1 heterocycles. The van der Waals surface area contributed by atoms with E-state index in [-0.39, 0.29) is 0 Å². The second-order valence-electron chi connectivity index (χ2n) is 4.24. The summed E-state index contributed by atoms with van der Waals surface area (Å²) in [7, 11) is 0. The fourth-order valence-corrected chi connectivity index (χ4v) is 2.21. The summed E-state index contributed by atoms with van der Waals surface area (Å²) >= 11 is 0. The minimum absolute atomic E-state index is 0.923. The average Bonchev–Trinajstić information content (AvgIpc) is 2.30. The fourth-order valence-electron chi connectivity index (χ4n) is 2.21. The average molecular weight is 189 g/mol. The van der Waals surface area contributed by atoms with Crippen molar-refractivity contribution in [3.05, 3.63) is 23.8 Å². The molecular formula is C13H19N. The third kappa shape index (κ3) is 2.14. The lowest BCUT2D eigenvalue weighted by molar-refractivity contribution is 0.461. The summed E-state index contributed by atoms with van der Waals surface area (Å²) in [6.07, 6.45) is 13.2. The predicted octanol–water partition coefficient (Wildman–Crippen LogP) is 3.52. The Morgan fingerprint density at radius 1 is 1.50 bits per heavy atom. The molecule has 1 aliphatic heterocycles. The van der Waals surface area contributed by atoms with Crippen LogP contribution in [0, 0.1) is 5.92 Å². The molecule has 0 saturated heterocycles. The monoisotopic (exact) mass is 189 g/mol. The smallest absolute Gasteiger partial charge is 0.0599 e. The summed E-state index contributed by atoms with van der Waals surface area (Å²) in [6.45, 7) is 3.28. The van der Waals surface area contributed by atoms with E-state index in [0.29, 0.717) is 0 Å². The van der Waals surface area contributed by atoms with Crippen LogP contribution in [0.25, 0.3) is 0 Å². The highest BCUT2D eigenvalue weighted by molar-refractivity contribution is 6.08. The normalized spacial score (nSPS) is 27.1. The number of allylic oxidation sites excluding steroid dienone is 3. The molecule has 1 aliphatic carbocycles. The molecule has 2 rings (SSSR count). The van der Waals surface area contributed by atoms with Crippen molar-refractivity contribution < 1.29 is 0 Å². The van der Waals surface area contributed by atoms with Crippen molar-refractivity contribution >= 4 is 5.71 Å². The van der Waals surface area contributed by atoms with Crippen molar-refractivity contribution in [1.29, 1.82) is 0 Å². The third-order valence-electron chi connectivity index (χ3n) is 3.28. The van der Waals surface area contributed by atoms with E-state index in [1.807, 2.05) is 0 Å². The maximum Gasteiger partial charge on any atom is 0.0599 e. The van der Waals surface area contributed by atoms with Crippen LogP contribution in [-0.4, -0.2) is 12.3 Å². The first-order chi connectivity index (χ1) is 6.90. The highest BCUT2D eigenvalue weighted by atomic mass is 14.7. The first-order valence-electron chi connectivity index (χ1n) is 5.80. The van der Waals surface area contributed by atoms with Gasteiger partial charge in [0.1, 0.15) is 0 Å². The van der Waals surface area contributed by atoms with Crippen molar-refractivity contribution in [2.75, 3.05) is 6.54 Å². The zero-order chi connectivity index (χ0) is 9.80. The van der Waals surface area contributed by atoms with Crippen LogP contribution < -0.4 is 0 Å². The molecule has 0 fully saturated rings. The van der Waals surface area contributed by atoms with Gasteiger partial charge < -0.3 is 0 Å². The van der Waals surface area contributed by atoms with Crippen LogP contribution in [0.1, 0.15) is 39.0 Å². The maximum atomic E-state index is 4.57. The number of rotatable bonds is 2. The Kier molecular flexibility index (Phi) is 3.18. The SMILES string of the molecule is CCC1CC=C(C2=NCCC=C2)CC1. The van der Waals surface area contributed by atoms with E-state index in [2.05, 4.69) is 30.1 Å². The van der Waals surface area contributed by atoms with Crippen molar-refractivity contribution in [2.24, 2.45) is 10.9 Å². The Labute approximate surface area is 86.6 Å². The van der Waals surface area contributed by atoms with E-state index in [1.165, 1.54) is 37.0 Å². The van der Waals surface area contributed by atoms with Gasteiger partial charge in [0.25, 0.3) is 0 Å². The molecule has 0 spiro atoms. The fraction of sp³-hybridized carbons (Fsp3) is 0.615. The molecular weight excluding hydrogens is 170 g/mol. The largest absolute Gasteiger partial charge is 0.285 e. The number of aliphatic imine (C=N–C) groups is 1. The second-order valence-corrected chi connectivity index (χ2v) is 4.24. The first kappa shape index (κ1) is 9.70. The molecule has 0 aromatic heterocycles. The van der Waals surface area contributed by atoms with Gasteiger partial charge in [-0.05, 0) is 43.3 Å². The molecule has 1 unspecified atom stereocenters. The van der Waals surface area contributed by atoms with Gasteiger partial charge in [-0.25, -0.2) is 0 Å². The Morgan fingerprint density at radius 2 is 2.43 bits per heavy atom. The van der Waals surface area contributed by atoms with Gasteiger partial charge in [0.15, 0.2) is 0 Å². The van der Waals surface area contributed by atoms with Crippen LogP contribution in [0.15, 0.2) is 28.8 Å². The highest BCUT2D eigenvalue weighted by Gasteiger charge is 2.15. The van der Waals surface area contributed by atoms with Crippen molar-refractivity contribution in [3.8, 4) is 0 Å². The molecule has 0 aromatic carbocycles. The highest BCUT2D eigenvalue weighted by Crippen LogP contribution is 2.27. The van der Waals surface area contributed by atoms with Gasteiger partial charge in [-0.3, -0.25) is 4.99 Å². The number of hydrogen-bond donors (Lipinski definition) is 0. The molecule has 0 aromatic rings. The van der Waals surface area contributed by atoms with E-state index >= 15 is 0 Å². The zero-order valence-electron chi connectivity index (χ0n) is 9.00. The Hall–Kier alpha value is -0.850. The predicted molar refractivity (Wildman–Crippen MR) is 61.8 cm³/mol. The summed E-state index contributed by atoms with van der Waals surface area (Å²) < 4.78 is 0. The molecule has 1 heteroatoms. The minimum Gasteiger partial charge on any atom is -0.285 e. The first-order valence-corrected chi connectivity index (χ1v) is 5.80. The Balaban J connectivity index is 2.02. The lowest BCUT2D eigenvalue weighted by Crippen LogP contribution is -2.11. The number of dihydropyridines is 1. The van der Waals surface area contributed by atoms with Crippen LogP contribution in [-0.2, 0) is 0 Å². The van der Waals surface area contributed by atoms with Crippen molar-refractivity contribution in [2.45, 2.75) is 39.0 Å². The molecule has 1 nitrogen and oxygen atoms in total. The molecule has 0 N–H and O–H groups in total. The summed E-state index contributed by atoms with van der Waals surface area (Å²) in [6, 6.07) is 0. The quantitative estimate of drug-likeness (QED) is 0.630. The van der Waals surface area contributed by atoms with E-state index in [0.717, 1.165) is 18.9 Å². The van der Waals surface area contributed by atoms with E-state index < -0.39 is 0 Å². The van der Waals surface area contributed by atoms with Gasteiger partial charge in [0, 0.05) is 6.54 Å². The van der Waals surface area contributed by atoms with Crippen LogP contribution in [0.3, 0.4) is 0 Å². The molecule has 2 aliphatic rings. The van der Waals surface area contributed by atoms with Gasteiger partial charge in [-0.2, -0.15) is 0 Å². The molecule has 14 heavy (non-hydrogen) atoms. The standard InChI is InChI=1S/C13H19N/c1-2-11-6-8-12(9-7-11)13-5-3-4-10-14-13/h3,5,8,11H,2,4,6-7,9-10H2,1H3. The molecule has 1 atom stereocenters. The van der Waals surface area contributed by atoms with E-state index in [9.17, 15) is 0 Å². The second kappa shape index (κ2) is 4.59. The number of nitrogens with zero attached hydrogens (tertiary/aromatic N) is 1. The molecule has 76 valence electrons. The summed E-state index contributed by atoms with van der Waals surface area (Å²) in [5.74, 6) is 0.923. The lowest BCUT2D eigenvalue weighted by atomic mass is 9.86. The van der Waals surface area contributed by atoms with Gasteiger partial charge in [0.2, 0.25) is 0 Å². The van der Waals surface area contributed by atoms with Crippen LogP contribution in [0.5, 0.6) is 0 Å². The van der Waals surface area contributed by atoms with E-state index in [1.54, 1.807) is 0 Å². The van der Waals surface area contributed by atoms with Crippen molar-refractivity contribution in [3.63, 3.8) is 0 Å². The van der Waals surface area contributed by atoms with Gasteiger partial charge in [-0.1, -0.05) is 25.5 Å². The summed E-state index contributed by atoms with van der Waals surface area (Å²) in [4.78, 5) is 4.57. The molecule has 0 radical (unpaired) electrons. The summed E-state index contributed by atoms with van der Waals surface area (Å²) in [5, 5.41) is 0. The van der Waals surface area contributed by atoms with E-state index in [4.69, 9.17) is 0 Å². The molecule has 0 amide bonds. The van der Waals surface area contributed by atoms with Crippen LogP contribution in [0.4, 0.5) is 0 Å². The minimum atomic E-state index is 0.923. The zero-order valence-corrected chi connectivity index (χ0v) is 9.00. The molecule has 0 saturated carbocycles. The topological polar surface area (TPSA) is 12.4 Å². The third-order valence-corrected chi connectivity index (χ3v) is 3.28. The Morgan fingerprint density at radius 3 is 3.00 bits per heavy atom. The van der Waals surface area contributed by atoms with Crippen LogP contribution >= 0.6 is 0 Å². The molecule has 0 bridgehead atoms. The van der Waals surface area contributed by atoms with Gasteiger partial charge in [0.05, 0.1) is 5.71 Å². The maximum absolute atomic E-state index is 4.57. The Bertz CT molecular complexity index is 284.